The molecule has 0 spiro atoms. The first-order valence-corrected chi connectivity index (χ1v) is 5.64. The largest absolute Gasteiger partial charge is 0.424 e. The van der Waals surface area contributed by atoms with E-state index in [-0.39, 0.29) is 6.04 Å². The van der Waals surface area contributed by atoms with Crippen LogP contribution in [0.5, 0.6) is 11.8 Å². The van der Waals surface area contributed by atoms with Gasteiger partial charge in [0, 0.05) is 6.54 Å². The highest BCUT2D eigenvalue weighted by Gasteiger charge is 2.15. The Labute approximate surface area is 100 Å². The Morgan fingerprint density at radius 2 is 2.00 bits per heavy atom. The van der Waals surface area contributed by atoms with E-state index >= 15 is 0 Å². The smallest absolute Gasteiger partial charge is 0.322 e. The highest BCUT2D eigenvalue weighted by atomic mass is 16.5. The number of hydrogen-bond acceptors (Lipinski definition) is 4. The molecule has 5 heteroatoms. The topological polar surface area (TPSA) is 66.0 Å². The number of rotatable bonds is 4. The summed E-state index contributed by atoms with van der Waals surface area (Å²) >= 11 is 0. The molecular formula is C12H16N4O. The Morgan fingerprint density at radius 1 is 1.29 bits per heavy atom. The van der Waals surface area contributed by atoms with Gasteiger partial charge in [-0.25, -0.2) is 0 Å². The first-order valence-electron chi connectivity index (χ1n) is 5.64. The molecule has 0 aliphatic rings. The van der Waals surface area contributed by atoms with E-state index in [0.717, 1.165) is 18.1 Å². The van der Waals surface area contributed by atoms with E-state index in [2.05, 4.69) is 10.2 Å². The van der Waals surface area contributed by atoms with Crippen molar-refractivity contribution in [2.45, 2.75) is 26.4 Å². The van der Waals surface area contributed by atoms with Crippen LogP contribution in [0.3, 0.4) is 0 Å². The molecule has 0 radical (unpaired) electrons. The Hall–Kier alpha value is -1.88. The number of nitrogens with zero attached hydrogens (tertiary/aromatic N) is 3. The van der Waals surface area contributed by atoms with Gasteiger partial charge in [0.2, 0.25) is 0 Å². The summed E-state index contributed by atoms with van der Waals surface area (Å²) in [5.41, 5.74) is 5.82. The van der Waals surface area contributed by atoms with E-state index in [9.17, 15) is 0 Å². The summed E-state index contributed by atoms with van der Waals surface area (Å²) in [6.45, 7) is 4.61. The summed E-state index contributed by atoms with van der Waals surface area (Å²) in [5, 5.41) is 8.06. The zero-order chi connectivity index (χ0) is 12.3. The summed E-state index contributed by atoms with van der Waals surface area (Å²) in [5.74, 6) is 1.48. The molecule has 0 fully saturated rings. The van der Waals surface area contributed by atoms with Crippen molar-refractivity contribution in [1.29, 1.82) is 0 Å². The molecule has 0 saturated carbocycles. The van der Waals surface area contributed by atoms with Crippen molar-refractivity contribution < 1.29 is 4.74 Å². The molecule has 1 aromatic heterocycles. The van der Waals surface area contributed by atoms with E-state index in [1.807, 2.05) is 48.7 Å². The van der Waals surface area contributed by atoms with Crippen LogP contribution in [0.4, 0.5) is 0 Å². The minimum Gasteiger partial charge on any atom is -0.424 e. The van der Waals surface area contributed by atoms with Crippen molar-refractivity contribution in [2.24, 2.45) is 5.73 Å². The van der Waals surface area contributed by atoms with Crippen molar-refractivity contribution in [3.63, 3.8) is 0 Å². The van der Waals surface area contributed by atoms with Crippen molar-refractivity contribution in [3.05, 3.63) is 36.2 Å². The Kier molecular flexibility index (Phi) is 3.39. The van der Waals surface area contributed by atoms with Crippen LogP contribution in [0.2, 0.25) is 0 Å². The van der Waals surface area contributed by atoms with Gasteiger partial charge in [-0.2, -0.15) is 0 Å². The molecule has 0 aliphatic carbocycles. The molecule has 1 aromatic carbocycles. The van der Waals surface area contributed by atoms with E-state index in [1.54, 1.807) is 0 Å². The summed E-state index contributed by atoms with van der Waals surface area (Å²) in [4.78, 5) is 0. The van der Waals surface area contributed by atoms with Crippen LogP contribution in [-0.4, -0.2) is 14.8 Å². The molecule has 1 heterocycles. The second-order valence-corrected chi connectivity index (χ2v) is 3.79. The molecule has 0 aliphatic heterocycles. The molecule has 17 heavy (non-hydrogen) atoms. The Bertz CT molecular complexity index is 479. The minimum absolute atomic E-state index is 0.157. The summed E-state index contributed by atoms with van der Waals surface area (Å²) < 4.78 is 7.54. The van der Waals surface area contributed by atoms with Gasteiger partial charge >= 0.3 is 6.01 Å². The van der Waals surface area contributed by atoms with Gasteiger partial charge in [0.1, 0.15) is 5.75 Å². The number of hydrogen-bond donors (Lipinski definition) is 1. The standard InChI is InChI=1S/C12H16N4O/c1-3-16-11(9(2)13)14-15-12(16)17-10-7-5-4-6-8-10/h4-9H,3,13H2,1-2H3/t9-/m1/s1. The van der Waals surface area contributed by atoms with Crippen LogP contribution in [0.25, 0.3) is 0 Å². The van der Waals surface area contributed by atoms with Gasteiger partial charge in [-0.05, 0) is 26.0 Å². The highest BCUT2D eigenvalue weighted by Crippen LogP contribution is 2.21. The summed E-state index contributed by atoms with van der Waals surface area (Å²) in [6.07, 6.45) is 0. The Balaban J connectivity index is 2.28. The van der Waals surface area contributed by atoms with Crippen molar-refractivity contribution >= 4 is 0 Å². The molecule has 0 amide bonds. The number of para-hydroxylation sites is 1. The molecular weight excluding hydrogens is 216 g/mol. The van der Waals surface area contributed by atoms with Gasteiger partial charge in [-0.3, -0.25) is 4.57 Å². The molecule has 0 saturated heterocycles. The quantitative estimate of drug-likeness (QED) is 0.876. The molecule has 2 aromatic rings. The van der Waals surface area contributed by atoms with Gasteiger partial charge in [0.05, 0.1) is 6.04 Å². The van der Waals surface area contributed by atoms with Crippen LogP contribution in [0.15, 0.2) is 30.3 Å². The summed E-state index contributed by atoms with van der Waals surface area (Å²) in [7, 11) is 0. The lowest BCUT2D eigenvalue weighted by atomic mass is 10.3. The second-order valence-electron chi connectivity index (χ2n) is 3.79. The molecule has 2 rings (SSSR count). The number of nitrogens with two attached hydrogens (primary N) is 1. The fourth-order valence-corrected chi connectivity index (χ4v) is 1.60. The first kappa shape index (κ1) is 11.6. The van der Waals surface area contributed by atoms with Gasteiger partial charge in [0.15, 0.2) is 5.82 Å². The molecule has 5 nitrogen and oxygen atoms in total. The minimum atomic E-state index is -0.157. The normalized spacial score (nSPS) is 12.4. The summed E-state index contributed by atoms with van der Waals surface area (Å²) in [6, 6.07) is 9.83. The fraction of sp³-hybridized carbons (Fsp3) is 0.333. The fourth-order valence-electron chi connectivity index (χ4n) is 1.60. The lowest BCUT2D eigenvalue weighted by Gasteiger charge is -2.09. The van der Waals surface area contributed by atoms with E-state index < -0.39 is 0 Å². The van der Waals surface area contributed by atoms with Gasteiger partial charge < -0.3 is 10.5 Å². The third-order valence-corrected chi connectivity index (χ3v) is 2.42. The molecule has 1 atom stereocenters. The van der Waals surface area contributed by atoms with Crippen molar-refractivity contribution in [3.8, 4) is 11.8 Å². The predicted molar refractivity (Wildman–Crippen MR) is 64.8 cm³/mol. The maximum absolute atomic E-state index is 5.82. The maximum Gasteiger partial charge on any atom is 0.322 e. The van der Waals surface area contributed by atoms with Crippen LogP contribution in [0, 0.1) is 0 Å². The zero-order valence-corrected chi connectivity index (χ0v) is 10.00. The average Bonchev–Trinajstić information content (AvgIpc) is 2.73. The predicted octanol–water partition coefficient (Wildman–Crippen LogP) is 2.11. The van der Waals surface area contributed by atoms with Gasteiger partial charge in [-0.15, -0.1) is 5.10 Å². The van der Waals surface area contributed by atoms with Gasteiger partial charge in [0.25, 0.3) is 0 Å². The van der Waals surface area contributed by atoms with E-state index in [0.29, 0.717) is 6.01 Å². The molecule has 2 N–H and O–H groups in total. The molecule has 90 valence electrons. The lowest BCUT2D eigenvalue weighted by Crippen LogP contribution is -2.13. The van der Waals surface area contributed by atoms with Crippen LogP contribution < -0.4 is 10.5 Å². The maximum atomic E-state index is 5.82. The van der Waals surface area contributed by atoms with E-state index in [4.69, 9.17) is 10.5 Å². The first-order chi connectivity index (χ1) is 8.22. The number of benzene rings is 1. The monoisotopic (exact) mass is 232 g/mol. The molecule has 0 bridgehead atoms. The van der Waals surface area contributed by atoms with Crippen LogP contribution >= 0.6 is 0 Å². The number of aromatic nitrogens is 3. The Morgan fingerprint density at radius 3 is 2.59 bits per heavy atom. The SMILES string of the molecule is CCn1c(Oc2ccccc2)nnc1[C@@H](C)N. The van der Waals surface area contributed by atoms with Crippen molar-refractivity contribution in [1.82, 2.24) is 14.8 Å². The third kappa shape index (κ3) is 2.45. The van der Waals surface area contributed by atoms with Crippen LogP contribution in [-0.2, 0) is 6.54 Å². The van der Waals surface area contributed by atoms with Crippen LogP contribution in [0.1, 0.15) is 25.7 Å². The second kappa shape index (κ2) is 4.97. The molecule has 0 unspecified atom stereocenters. The van der Waals surface area contributed by atoms with Crippen molar-refractivity contribution in [2.75, 3.05) is 0 Å². The third-order valence-electron chi connectivity index (χ3n) is 2.42. The average molecular weight is 232 g/mol. The van der Waals surface area contributed by atoms with Gasteiger partial charge in [-0.1, -0.05) is 23.3 Å². The zero-order valence-electron chi connectivity index (χ0n) is 10.00. The lowest BCUT2D eigenvalue weighted by molar-refractivity contribution is 0.409. The highest BCUT2D eigenvalue weighted by molar-refractivity contribution is 5.24. The van der Waals surface area contributed by atoms with E-state index in [1.165, 1.54) is 0 Å². The number of ether oxygens (including phenoxy) is 1.